The lowest BCUT2D eigenvalue weighted by Gasteiger charge is -2.13. The summed E-state index contributed by atoms with van der Waals surface area (Å²) in [6.07, 6.45) is 1.20. The van der Waals surface area contributed by atoms with Crippen LogP contribution in [0.1, 0.15) is 6.42 Å². The Morgan fingerprint density at radius 1 is 1.67 bits per heavy atom. The summed E-state index contributed by atoms with van der Waals surface area (Å²) in [5.41, 5.74) is 0. The van der Waals surface area contributed by atoms with Crippen molar-refractivity contribution in [1.82, 2.24) is 5.32 Å². The Morgan fingerprint density at radius 2 is 2.50 bits per heavy atom. The molecule has 0 amide bonds. The van der Waals surface area contributed by atoms with Crippen LogP contribution in [-0.2, 0) is 14.3 Å². The van der Waals surface area contributed by atoms with Crippen molar-refractivity contribution in [2.45, 2.75) is 18.6 Å². The summed E-state index contributed by atoms with van der Waals surface area (Å²) in [5.74, 6) is 0.172. The predicted molar refractivity (Wildman–Crippen MR) is 41.7 cm³/mol. The molecule has 0 bridgehead atoms. The summed E-state index contributed by atoms with van der Waals surface area (Å²) in [6, 6.07) is -0.137. The molecule has 0 aromatic heterocycles. The number of hydrogen-bond donors (Lipinski definition) is 1. The zero-order valence-corrected chi connectivity index (χ0v) is 7.08. The van der Waals surface area contributed by atoms with Gasteiger partial charge in [0.15, 0.2) is 0 Å². The van der Waals surface area contributed by atoms with Gasteiger partial charge in [-0.05, 0) is 6.42 Å². The maximum Gasteiger partial charge on any atom is 0.323 e. The summed E-state index contributed by atoms with van der Waals surface area (Å²) in [7, 11) is 1.42. The number of nitrogens with one attached hydrogen (secondary N) is 1. The molecule has 68 valence electrons. The van der Waals surface area contributed by atoms with Gasteiger partial charge in [-0.2, -0.15) is 0 Å². The first-order valence-corrected chi connectivity index (χ1v) is 4.25. The van der Waals surface area contributed by atoms with Crippen molar-refractivity contribution in [2.24, 2.45) is 5.92 Å². The predicted octanol–water partition coefficient (Wildman–Crippen LogP) is -0.464. The van der Waals surface area contributed by atoms with Crippen molar-refractivity contribution in [3.8, 4) is 0 Å². The van der Waals surface area contributed by atoms with Crippen molar-refractivity contribution in [1.29, 1.82) is 0 Å². The monoisotopic (exact) mass is 171 g/mol. The van der Waals surface area contributed by atoms with Gasteiger partial charge in [0.2, 0.25) is 0 Å². The molecule has 2 fully saturated rings. The quantitative estimate of drug-likeness (QED) is 0.542. The van der Waals surface area contributed by atoms with Gasteiger partial charge in [0.1, 0.15) is 6.04 Å². The van der Waals surface area contributed by atoms with Gasteiger partial charge in [0.25, 0.3) is 0 Å². The van der Waals surface area contributed by atoms with Crippen molar-refractivity contribution >= 4 is 5.97 Å². The topological polar surface area (TPSA) is 47.6 Å². The van der Waals surface area contributed by atoms with Gasteiger partial charge < -0.3 is 14.8 Å². The van der Waals surface area contributed by atoms with Crippen LogP contribution in [0.25, 0.3) is 0 Å². The Balaban J connectivity index is 2.04. The van der Waals surface area contributed by atoms with E-state index < -0.39 is 0 Å². The molecule has 0 spiro atoms. The lowest BCUT2D eigenvalue weighted by molar-refractivity contribution is -0.143. The number of ether oxygens (including phenoxy) is 2. The summed E-state index contributed by atoms with van der Waals surface area (Å²) >= 11 is 0. The minimum Gasteiger partial charge on any atom is -0.468 e. The molecule has 0 radical (unpaired) electrons. The van der Waals surface area contributed by atoms with Gasteiger partial charge in [0, 0.05) is 19.1 Å². The highest BCUT2D eigenvalue weighted by molar-refractivity contribution is 5.76. The van der Waals surface area contributed by atoms with Crippen LogP contribution in [0.2, 0.25) is 0 Å². The minimum atomic E-state index is -0.159. The van der Waals surface area contributed by atoms with Crippen LogP contribution >= 0.6 is 0 Å². The number of esters is 1. The van der Waals surface area contributed by atoms with Crippen LogP contribution in [0.5, 0.6) is 0 Å². The summed E-state index contributed by atoms with van der Waals surface area (Å²) in [4.78, 5) is 11.2. The number of hydrogen-bond acceptors (Lipinski definition) is 4. The molecule has 12 heavy (non-hydrogen) atoms. The molecule has 3 atom stereocenters. The smallest absolute Gasteiger partial charge is 0.323 e. The number of carbonyl (C=O) groups is 1. The van der Waals surface area contributed by atoms with Crippen LogP contribution < -0.4 is 5.32 Å². The average Bonchev–Trinajstić information content (AvgIpc) is 2.62. The average molecular weight is 171 g/mol. The summed E-state index contributed by atoms with van der Waals surface area (Å²) < 4.78 is 10.1. The molecular formula is C8H13NO3. The van der Waals surface area contributed by atoms with Gasteiger partial charge in [-0.1, -0.05) is 0 Å². The van der Waals surface area contributed by atoms with E-state index >= 15 is 0 Å². The largest absolute Gasteiger partial charge is 0.468 e. The summed E-state index contributed by atoms with van der Waals surface area (Å²) in [6.45, 7) is 1.56. The molecule has 0 aliphatic carbocycles. The maximum atomic E-state index is 11.2. The Morgan fingerprint density at radius 3 is 3.25 bits per heavy atom. The van der Waals surface area contributed by atoms with E-state index in [0.29, 0.717) is 5.92 Å². The molecule has 0 saturated carbocycles. The molecule has 0 aromatic carbocycles. The van der Waals surface area contributed by atoms with Crippen LogP contribution in [0.3, 0.4) is 0 Å². The van der Waals surface area contributed by atoms with Gasteiger partial charge in [0.05, 0.1) is 13.2 Å². The van der Waals surface area contributed by atoms with E-state index in [4.69, 9.17) is 4.74 Å². The second kappa shape index (κ2) is 3.03. The normalized spacial score (nSPS) is 39.6. The lowest BCUT2D eigenvalue weighted by atomic mass is 9.97. The first-order valence-electron chi connectivity index (χ1n) is 4.25. The second-order valence-electron chi connectivity index (χ2n) is 3.27. The minimum absolute atomic E-state index is 0.137. The van der Waals surface area contributed by atoms with Gasteiger partial charge >= 0.3 is 5.97 Å². The van der Waals surface area contributed by atoms with E-state index in [1.807, 2.05) is 0 Å². The summed E-state index contributed by atoms with van der Waals surface area (Å²) in [5, 5.41) is 3.11. The van der Waals surface area contributed by atoms with E-state index in [-0.39, 0.29) is 18.1 Å². The molecule has 4 heteroatoms. The Labute approximate surface area is 71.2 Å². The Bertz CT molecular complexity index is 195. The van der Waals surface area contributed by atoms with Crippen LogP contribution in [0.4, 0.5) is 0 Å². The van der Waals surface area contributed by atoms with E-state index in [0.717, 1.165) is 19.6 Å². The molecule has 2 heterocycles. The molecule has 2 aliphatic heterocycles. The molecular weight excluding hydrogens is 158 g/mol. The molecule has 3 unspecified atom stereocenters. The van der Waals surface area contributed by atoms with E-state index in [9.17, 15) is 4.79 Å². The number of fused-ring (bicyclic) bond motifs is 1. The zero-order valence-electron chi connectivity index (χ0n) is 7.08. The third-order valence-electron chi connectivity index (χ3n) is 2.68. The van der Waals surface area contributed by atoms with Crippen molar-refractivity contribution in [2.75, 3.05) is 20.3 Å². The first kappa shape index (κ1) is 8.01. The van der Waals surface area contributed by atoms with Crippen LogP contribution in [-0.4, -0.2) is 38.4 Å². The first-order chi connectivity index (χ1) is 5.83. The molecule has 2 saturated heterocycles. The van der Waals surface area contributed by atoms with Crippen molar-refractivity contribution < 1.29 is 14.3 Å². The standard InChI is InChI=1S/C8H13NO3/c1-11-8(10)7-5-2-3-12-6(5)4-9-7/h5-7,9H,2-4H2,1H3. The van der Waals surface area contributed by atoms with Crippen LogP contribution in [0, 0.1) is 5.92 Å². The van der Waals surface area contributed by atoms with Crippen molar-refractivity contribution in [3.63, 3.8) is 0 Å². The number of methoxy groups -OCH3 is 1. The molecule has 2 aliphatic rings. The van der Waals surface area contributed by atoms with Gasteiger partial charge in [-0.3, -0.25) is 4.79 Å². The fraction of sp³-hybridized carbons (Fsp3) is 0.875. The third kappa shape index (κ3) is 1.11. The maximum absolute atomic E-state index is 11.2. The molecule has 1 N–H and O–H groups in total. The van der Waals surface area contributed by atoms with E-state index in [2.05, 4.69) is 10.1 Å². The van der Waals surface area contributed by atoms with E-state index in [1.54, 1.807) is 0 Å². The third-order valence-corrected chi connectivity index (χ3v) is 2.68. The highest BCUT2D eigenvalue weighted by Gasteiger charge is 2.44. The molecule has 4 nitrogen and oxygen atoms in total. The zero-order chi connectivity index (χ0) is 8.55. The number of rotatable bonds is 1. The SMILES string of the molecule is COC(=O)C1NCC2OCCC21. The van der Waals surface area contributed by atoms with Gasteiger partial charge in [-0.25, -0.2) is 0 Å². The van der Waals surface area contributed by atoms with Crippen molar-refractivity contribution in [3.05, 3.63) is 0 Å². The Kier molecular flexibility index (Phi) is 2.02. The highest BCUT2D eigenvalue weighted by Crippen LogP contribution is 2.28. The number of carbonyl (C=O) groups excluding carboxylic acids is 1. The van der Waals surface area contributed by atoms with Gasteiger partial charge in [-0.15, -0.1) is 0 Å². The molecule has 2 rings (SSSR count). The van der Waals surface area contributed by atoms with E-state index in [1.165, 1.54) is 7.11 Å². The fourth-order valence-corrected chi connectivity index (χ4v) is 2.04. The highest BCUT2D eigenvalue weighted by atomic mass is 16.5. The fourth-order valence-electron chi connectivity index (χ4n) is 2.04. The Hall–Kier alpha value is -0.610. The lowest BCUT2D eigenvalue weighted by Crippen LogP contribution is -2.36. The molecule has 0 aromatic rings. The second-order valence-corrected chi connectivity index (χ2v) is 3.27. The van der Waals surface area contributed by atoms with Crippen LogP contribution in [0.15, 0.2) is 0 Å².